The second-order valence-corrected chi connectivity index (χ2v) is 9.53. The lowest BCUT2D eigenvalue weighted by atomic mass is 10.1. The predicted molar refractivity (Wildman–Crippen MR) is 110 cm³/mol. The van der Waals surface area contributed by atoms with Gasteiger partial charge in [0.05, 0.1) is 22.1 Å². The number of carbonyl (C=O) groups is 1. The Labute approximate surface area is 173 Å². The van der Waals surface area contributed by atoms with Crippen molar-refractivity contribution in [1.82, 2.24) is 4.72 Å². The van der Waals surface area contributed by atoms with E-state index in [4.69, 9.17) is 16.3 Å². The van der Waals surface area contributed by atoms with Crippen LogP contribution < -0.4 is 9.46 Å². The molecule has 0 bridgehead atoms. The summed E-state index contributed by atoms with van der Waals surface area (Å²) in [4.78, 5) is 12.0. The summed E-state index contributed by atoms with van der Waals surface area (Å²) in [6.45, 7) is 3.55. The lowest BCUT2D eigenvalue weighted by Crippen LogP contribution is -2.18. The van der Waals surface area contributed by atoms with Crippen molar-refractivity contribution in [2.24, 2.45) is 0 Å². The van der Waals surface area contributed by atoms with Crippen molar-refractivity contribution >= 4 is 39.3 Å². The number of benzene rings is 2. The first-order chi connectivity index (χ1) is 13.2. The Morgan fingerprint density at radius 1 is 1.21 bits per heavy atom. The fraction of sp³-hybridized carbons (Fsp3) is 0.316. The summed E-state index contributed by atoms with van der Waals surface area (Å²) in [7, 11) is -3.39. The highest BCUT2D eigenvalue weighted by Gasteiger charge is 2.15. The van der Waals surface area contributed by atoms with Crippen LogP contribution in [-0.2, 0) is 21.1 Å². The van der Waals surface area contributed by atoms with Crippen LogP contribution in [0.2, 0.25) is 5.02 Å². The van der Waals surface area contributed by atoms with Gasteiger partial charge in [0.15, 0.2) is 9.84 Å². The van der Waals surface area contributed by atoms with Gasteiger partial charge in [0.1, 0.15) is 17.3 Å². The minimum atomic E-state index is -3.39. The second kappa shape index (κ2) is 10.1. The van der Waals surface area contributed by atoms with Crippen molar-refractivity contribution in [1.29, 1.82) is 0 Å². The molecule has 0 atom stereocenters. The largest absolute Gasteiger partial charge is 0.456 e. The van der Waals surface area contributed by atoms with E-state index in [1.54, 1.807) is 13.0 Å². The molecule has 0 spiro atoms. The molecule has 1 amide bonds. The molecule has 9 heteroatoms. The Morgan fingerprint density at radius 3 is 2.61 bits per heavy atom. The molecule has 0 saturated heterocycles. The fourth-order valence-electron chi connectivity index (χ4n) is 2.29. The van der Waals surface area contributed by atoms with Crippen LogP contribution in [0.5, 0.6) is 11.5 Å². The van der Waals surface area contributed by atoms with Crippen LogP contribution in [0, 0.1) is 5.82 Å². The maximum Gasteiger partial charge on any atom is 0.234 e. The number of halogens is 2. The van der Waals surface area contributed by atoms with Crippen molar-refractivity contribution < 1.29 is 22.3 Å². The third-order valence-corrected chi connectivity index (χ3v) is 6.67. The van der Waals surface area contributed by atoms with Gasteiger partial charge in [-0.25, -0.2) is 12.8 Å². The molecule has 28 heavy (non-hydrogen) atoms. The van der Waals surface area contributed by atoms with E-state index in [0.717, 1.165) is 12.2 Å². The summed E-state index contributed by atoms with van der Waals surface area (Å²) < 4.78 is 46.1. The van der Waals surface area contributed by atoms with Crippen molar-refractivity contribution in [2.45, 2.75) is 31.6 Å². The van der Waals surface area contributed by atoms with E-state index in [2.05, 4.69) is 4.72 Å². The molecule has 0 aromatic heterocycles. The summed E-state index contributed by atoms with van der Waals surface area (Å²) in [5.74, 6) is 0.319. The summed E-state index contributed by atoms with van der Waals surface area (Å²) >= 11 is 7.43. The van der Waals surface area contributed by atoms with Gasteiger partial charge in [0.25, 0.3) is 0 Å². The van der Waals surface area contributed by atoms with Crippen LogP contribution in [0.4, 0.5) is 4.39 Å². The molecule has 0 saturated carbocycles. The zero-order valence-corrected chi connectivity index (χ0v) is 17.9. The summed E-state index contributed by atoms with van der Waals surface area (Å²) in [5.41, 5.74) is 0.450. The summed E-state index contributed by atoms with van der Waals surface area (Å²) in [6, 6.07) is 8.08. The molecule has 2 rings (SSSR count). The van der Waals surface area contributed by atoms with E-state index < -0.39 is 15.7 Å². The van der Waals surface area contributed by atoms with Crippen LogP contribution in [0.1, 0.15) is 25.8 Å². The van der Waals surface area contributed by atoms with Crippen LogP contribution in [0.25, 0.3) is 0 Å². The molecule has 5 nitrogen and oxygen atoms in total. The van der Waals surface area contributed by atoms with Crippen molar-refractivity contribution in [2.75, 3.05) is 11.5 Å². The molecule has 0 aliphatic carbocycles. The van der Waals surface area contributed by atoms with Crippen LogP contribution in [-0.4, -0.2) is 25.8 Å². The molecule has 152 valence electrons. The zero-order chi connectivity index (χ0) is 20.7. The standard InChI is InChI=1S/C19H21ClFNO4S2/c1-3-7-27-22-19(23)10-13-8-14(21)11-15(9-13)26-18-6-5-16(12-17(18)20)28(24,25)4-2/h5-6,8-9,11-12H,3-4,7,10H2,1-2H3,(H,22,23). The molecule has 0 aliphatic heterocycles. The number of nitrogens with one attached hydrogen (secondary N) is 1. The molecule has 0 aliphatic rings. The third kappa shape index (κ3) is 6.39. The average molecular weight is 446 g/mol. The third-order valence-electron chi connectivity index (χ3n) is 3.66. The smallest absolute Gasteiger partial charge is 0.234 e. The van der Waals surface area contributed by atoms with Crippen LogP contribution in [0.15, 0.2) is 41.3 Å². The number of sulfone groups is 1. The monoisotopic (exact) mass is 445 g/mol. The number of hydrogen-bond acceptors (Lipinski definition) is 5. The van der Waals surface area contributed by atoms with E-state index in [1.165, 1.54) is 42.3 Å². The number of ether oxygens (including phenoxy) is 1. The number of rotatable bonds is 9. The molecule has 0 heterocycles. The topological polar surface area (TPSA) is 72.5 Å². The first-order valence-electron chi connectivity index (χ1n) is 8.65. The molecule has 0 fully saturated rings. The van der Waals surface area contributed by atoms with E-state index >= 15 is 0 Å². The zero-order valence-electron chi connectivity index (χ0n) is 15.5. The molecule has 2 aromatic rings. The normalized spacial score (nSPS) is 11.3. The minimum Gasteiger partial charge on any atom is -0.456 e. The maximum atomic E-state index is 13.9. The molecular weight excluding hydrogens is 425 g/mol. The van der Waals surface area contributed by atoms with Crippen molar-refractivity contribution in [3.8, 4) is 11.5 Å². The lowest BCUT2D eigenvalue weighted by molar-refractivity contribution is -0.118. The van der Waals surface area contributed by atoms with E-state index in [0.29, 0.717) is 5.56 Å². The lowest BCUT2D eigenvalue weighted by Gasteiger charge is -2.11. The first kappa shape index (κ1) is 22.5. The van der Waals surface area contributed by atoms with Crippen LogP contribution in [0.3, 0.4) is 0 Å². The van der Waals surface area contributed by atoms with Gasteiger partial charge in [0, 0.05) is 11.8 Å². The first-order valence-corrected chi connectivity index (χ1v) is 11.7. The SMILES string of the molecule is CCCSNC(=O)Cc1cc(F)cc(Oc2ccc(S(=O)(=O)CC)cc2Cl)c1. The Kier molecular flexibility index (Phi) is 8.15. The number of hydrogen-bond donors (Lipinski definition) is 1. The highest BCUT2D eigenvalue weighted by molar-refractivity contribution is 7.97. The molecule has 1 N–H and O–H groups in total. The quantitative estimate of drug-likeness (QED) is 0.444. The molecular formula is C19H21ClFNO4S2. The van der Waals surface area contributed by atoms with Gasteiger partial charge < -0.3 is 4.74 Å². The number of amides is 1. The summed E-state index contributed by atoms with van der Waals surface area (Å²) in [6.07, 6.45) is 0.939. The van der Waals surface area contributed by atoms with Gasteiger partial charge in [0.2, 0.25) is 5.91 Å². The average Bonchev–Trinajstić information content (AvgIpc) is 2.63. The second-order valence-electron chi connectivity index (χ2n) is 5.94. The highest BCUT2D eigenvalue weighted by atomic mass is 35.5. The van der Waals surface area contributed by atoms with Gasteiger partial charge in [-0.2, -0.15) is 0 Å². The molecule has 0 radical (unpaired) electrons. The fourth-order valence-corrected chi connectivity index (χ4v) is 4.02. The van der Waals surface area contributed by atoms with Gasteiger partial charge in [-0.1, -0.05) is 37.4 Å². The van der Waals surface area contributed by atoms with Crippen LogP contribution >= 0.6 is 23.5 Å². The van der Waals surface area contributed by atoms with Gasteiger partial charge >= 0.3 is 0 Å². The maximum absolute atomic E-state index is 13.9. The summed E-state index contributed by atoms with van der Waals surface area (Å²) in [5, 5.41) is 0.0917. The van der Waals surface area contributed by atoms with Gasteiger partial charge in [-0.05, 0) is 42.3 Å². The Balaban J connectivity index is 2.16. The highest BCUT2D eigenvalue weighted by Crippen LogP contribution is 2.32. The molecule has 0 unspecified atom stereocenters. The van der Waals surface area contributed by atoms with E-state index in [1.807, 2.05) is 6.92 Å². The van der Waals surface area contributed by atoms with Gasteiger partial charge in [-0.3, -0.25) is 9.52 Å². The molecule has 2 aromatic carbocycles. The van der Waals surface area contributed by atoms with E-state index in [9.17, 15) is 17.6 Å². The number of carbonyl (C=O) groups excluding carboxylic acids is 1. The minimum absolute atomic E-state index is 0.00620. The van der Waals surface area contributed by atoms with Crippen molar-refractivity contribution in [3.63, 3.8) is 0 Å². The Hall–Kier alpha value is -1.77. The van der Waals surface area contributed by atoms with Crippen molar-refractivity contribution in [3.05, 3.63) is 52.8 Å². The van der Waals surface area contributed by atoms with Gasteiger partial charge in [-0.15, -0.1) is 0 Å². The predicted octanol–water partition coefficient (Wildman–Crippen LogP) is 4.78. The Morgan fingerprint density at radius 2 is 1.96 bits per heavy atom. The Bertz CT molecular complexity index is 951. The van der Waals surface area contributed by atoms with E-state index in [-0.39, 0.29) is 39.5 Å².